The number of nitrogens with one attached hydrogen (secondary N) is 1. The van der Waals surface area contributed by atoms with E-state index >= 15 is 0 Å². The molecule has 0 bridgehead atoms. The van der Waals surface area contributed by atoms with Crippen LogP contribution in [0.4, 0.5) is 17.1 Å². The number of rotatable bonds is 5. The summed E-state index contributed by atoms with van der Waals surface area (Å²) in [5.74, 6) is 1.12. The zero-order chi connectivity index (χ0) is 21.4. The van der Waals surface area contributed by atoms with Crippen LogP contribution in [0.3, 0.4) is 0 Å². The zero-order valence-corrected chi connectivity index (χ0v) is 19.0. The number of anilines is 3. The smallest absolute Gasteiger partial charge is 0.221 e. The lowest BCUT2D eigenvalue weighted by Crippen LogP contribution is -2.15. The van der Waals surface area contributed by atoms with Gasteiger partial charge in [-0.3, -0.25) is 4.79 Å². The average molecular weight is 384 g/mol. The van der Waals surface area contributed by atoms with Gasteiger partial charge in [-0.1, -0.05) is 45.9 Å². The number of hydrogen-bond donors (Lipinski definition) is 1. The Bertz CT molecular complexity index is 721. The third-order valence-electron chi connectivity index (χ3n) is 4.49. The van der Waals surface area contributed by atoms with Crippen molar-refractivity contribution in [3.63, 3.8) is 0 Å². The molecule has 4 heteroatoms. The minimum atomic E-state index is -0.0439. The highest BCUT2D eigenvalue weighted by atomic mass is 16.1. The molecule has 0 aromatic heterocycles. The summed E-state index contributed by atoms with van der Waals surface area (Å²) in [5, 5.41) is 2.71. The van der Waals surface area contributed by atoms with Gasteiger partial charge in [-0.25, -0.2) is 0 Å². The van der Waals surface area contributed by atoms with Gasteiger partial charge in [-0.2, -0.15) is 0 Å². The number of carbonyl (C=O) groups is 1. The molecule has 1 N–H and O–H groups in total. The molecular weight excluding hydrogens is 346 g/mol. The van der Waals surface area contributed by atoms with Crippen LogP contribution in [0.25, 0.3) is 0 Å². The van der Waals surface area contributed by atoms with E-state index in [9.17, 15) is 4.79 Å². The second-order valence-corrected chi connectivity index (χ2v) is 8.11. The highest BCUT2D eigenvalue weighted by molar-refractivity contribution is 5.88. The van der Waals surface area contributed by atoms with Crippen molar-refractivity contribution in [2.75, 3.05) is 43.3 Å². The van der Waals surface area contributed by atoms with E-state index in [2.05, 4.69) is 70.2 Å². The van der Waals surface area contributed by atoms with Gasteiger partial charge in [-0.05, 0) is 47.2 Å². The lowest BCUT2D eigenvalue weighted by molar-refractivity contribution is -0.114. The number of para-hydroxylation sites is 1. The highest BCUT2D eigenvalue weighted by Gasteiger charge is 2.14. The van der Waals surface area contributed by atoms with Gasteiger partial charge in [0.25, 0.3) is 0 Å². The van der Waals surface area contributed by atoms with E-state index in [4.69, 9.17) is 0 Å². The Kier molecular flexibility index (Phi) is 9.04. The Labute approximate surface area is 171 Å². The van der Waals surface area contributed by atoms with Gasteiger partial charge in [0.15, 0.2) is 0 Å². The summed E-state index contributed by atoms with van der Waals surface area (Å²) < 4.78 is 0. The first-order valence-electron chi connectivity index (χ1n) is 9.89. The maximum atomic E-state index is 10.7. The molecule has 0 aliphatic carbocycles. The van der Waals surface area contributed by atoms with Crippen molar-refractivity contribution < 1.29 is 4.79 Å². The molecule has 2 aromatic carbocycles. The van der Waals surface area contributed by atoms with Gasteiger partial charge in [-0.15, -0.1) is 0 Å². The quantitative estimate of drug-likeness (QED) is 0.718. The molecule has 154 valence electrons. The molecule has 2 rings (SSSR count). The standard InChI is InChI=1S/C14H23N.C10H14N2O/c1-10(2)12-8-7-9-13(11(3)4)14(12)15(5)6;1-8(13)11-9-4-6-10(7-5-9)12(2)3/h7-11H,1-6H3;4-7H,1-3H3,(H,11,13). The highest BCUT2D eigenvalue weighted by Crippen LogP contribution is 2.33. The Balaban J connectivity index is 0.000000283. The predicted molar refractivity (Wildman–Crippen MR) is 124 cm³/mol. The van der Waals surface area contributed by atoms with Crippen LogP contribution >= 0.6 is 0 Å². The molecule has 28 heavy (non-hydrogen) atoms. The van der Waals surface area contributed by atoms with Crippen LogP contribution in [-0.2, 0) is 4.79 Å². The summed E-state index contributed by atoms with van der Waals surface area (Å²) >= 11 is 0. The van der Waals surface area contributed by atoms with Crippen molar-refractivity contribution >= 4 is 23.0 Å². The first-order chi connectivity index (χ1) is 13.0. The van der Waals surface area contributed by atoms with Gasteiger partial charge in [0, 0.05) is 52.2 Å². The molecule has 0 heterocycles. The number of benzene rings is 2. The van der Waals surface area contributed by atoms with Gasteiger partial charge in [0.2, 0.25) is 5.91 Å². The fourth-order valence-corrected chi connectivity index (χ4v) is 3.07. The predicted octanol–water partition coefficient (Wildman–Crippen LogP) is 5.71. The number of amides is 1. The molecule has 0 aliphatic heterocycles. The average Bonchev–Trinajstić information content (AvgIpc) is 2.61. The van der Waals surface area contributed by atoms with Gasteiger partial charge in [0.1, 0.15) is 0 Å². The second-order valence-electron chi connectivity index (χ2n) is 8.11. The minimum absolute atomic E-state index is 0.0439. The maximum absolute atomic E-state index is 10.7. The number of hydrogen-bond acceptors (Lipinski definition) is 3. The van der Waals surface area contributed by atoms with E-state index in [1.807, 2.05) is 43.3 Å². The molecule has 0 saturated heterocycles. The van der Waals surface area contributed by atoms with E-state index < -0.39 is 0 Å². The van der Waals surface area contributed by atoms with Crippen LogP contribution in [-0.4, -0.2) is 34.1 Å². The molecule has 0 aliphatic rings. The molecule has 2 aromatic rings. The van der Waals surface area contributed by atoms with Crippen molar-refractivity contribution in [2.24, 2.45) is 0 Å². The zero-order valence-electron chi connectivity index (χ0n) is 19.0. The summed E-state index contributed by atoms with van der Waals surface area (Å²) in [7, 11) is 8.22. The molecule has 0 radical (unpaired) electrons. The fraction of sp³-hybridized carbons (Fsp3) is 0.458. The van der Waals surface area contributed by atoms with Crippen molar-refractivity contribution in [3.8, 4) is 0 Å². The summed E-state index contributed by atoms with van der Waals surface area (Å²) in [5.41, 5.74) is 6.26. The summed E-state index contributed by atoms with van der Waals surface area (Å²) in [6.45, 7) is 10.5. The molecule has 0 saturated carbocycles. The monoisotopic (exact) mass is 383 g/mol. The summed E-state index contributed by atoms with van der Waals surface area (Å²) in [4.78, 5) is 15.0. The van der Waals surface area contributed by atoms with Crippen molar-refractivity contribution in [1.82, 2.24) is 0 Å². The minimum Gasteiger partial charge on any atom is -0.378 e. The van der Waals surface area contributed by atoms with Crippen LogP contribution < -0.4 is 15.1 Å². The van der Waals surface area contributed by atoms with Gasteiger partial charge in [0.05, 0.1) is 0 Å². The van der Waals surface area contributed by atoms with E-state index in [1.54, 1.807) is 0 Å². The Morgan fingerprint density at radius 2 is 1.25 bits per heavy atom. The normalized spacial score (nSPS) is 10.4. The Hall–Kier alpha value is -2.49. The Morgan fingerprint density at radius 3 is 1.57 bits per heavy atom. The molecule has 0 unspecified atom stereocenters. The first kappa shape index (κ1) is 23.5. The van der Waals surface area contributed by atoms with E-state index in [1.165, 1.54) is 23.7 Å². The van der Waals surface area contributed by atoms with Gasteiger partial charge >= 0.3 is 0 Å². The van der Waals surface area contributed by atoms with Gasteiger partial charge < -0.3 is 15.1 Å². The number of nitrogens with zero attached hydrogens (tertiary/aromatic N) is 2. The molecule has 0 spiro atoms. The maximum Gasteiger partial charge on any atom is 0.221 e. The fourth-order valence-electron chi connectivity index (χ4n) is 3.07. The molecule has 4 nitrogen and oxygen atoms in total. The van der Waals surface area contributed by atoms with Crippen LogP contribution in [0.1, 0.15) is 57.6 Å². The first-order valence-corrected chi connectivity index (χ1v) is 9.89. The molecule has 0 fully saturated rings. The Morgan fingerprint density at radius 1 is 0.786 bits per heavy atom. The lowest BCUT2D eigenvalue weighted by Gasteiger charge is -2.25. The molecule has 1 amide bonds. The molecule has 0 atom stereocenters. The van der Waals surface area contributed by atoms with Crippen molar-refractivity contribution in [2.45, 2.75) is 46.5 Å². The third-order valence-corrected chi connectivity index (χ3v) is 4.49. The second kappa shape index (κ2) is 10.7. The third kappa shape index (κ3) is 6.91. The number of carbonyl (C=O) groups excluding carboxylic acids is 1. The lowest BCUT2D eigenvalue weighted by atomic mass is 9.92. The van der Waals surface area contributed by atoms with Crippen LogP contribution in [0, 0.1) is 0 Å². The van der Waals surface area contributed by atoms with Crippen LogP contribution in [0.15, 0.2) is 42.5 Å². The SMILES string of the molecule is CC(=O)Nc1ccc(N(C)C)cc1.CC(C)c1cccc(C(C)C)c1N(C)C. The molecular formula is C24H37N3O. The topological polar surface area (TPSA) is 35.6 Å². The van der Waals surface area contributed by atoms with E-state index in [-0.39, 0.29) is 5.91 Å². The van der Waals surface area contributed by atoms with E-state index in [0.717, 1.165) is 11.4 Å². The summed E-state index contributed by atoms with van der Waals surface area (Å²) in [6.07, 6.45) is 0. The van der Waals surface area contributed by atoms with Crippen LogP contribution in [0.2, 0.25) is 0 Å². The van der Waals surface area contributed by atoms with Crippen molar-refractivity contribution in [1.29, 1.82) is 0 Å². The largest absolute Gasteiger partial charge is 0.378 e. The summed E-state index contributed by atoms with van der Waals surface area (Å²) in [6, 6.07) is 14.4. The van der Waals surface area contributed by atoms with E-state index in [0.29, 0.717) is 11.8 Å². The van der Waals surface area contributed by atoms with Crippen LogP contribution in [0.5, 0.6) is 0 Å². The van der Waals surface area contributed by atoms with Crippen molar-refractivity contribution in [3.05, 3.63) is 53.6 Å².